The highest BCUT2D eigenvalue weighted by Gasteiger charge is 2.43. The Morgan fingerprint density at radius 2 is 1.59 bits per heavy atom. The Morgan fingerprint density at radius 3 is 2.24 bits per heavy atom. The van der Waals surface area contributed by atoms with Crippen molar-refractivity contribution in [1.82, 2.24) is 4.90 Å². The van der Waals surface area contributed by atoms with Crippen LogP contribution in [0, 0.1) is 0 Å². The topological polar surface area (TPSA) is 76.1 Å². The summed E-state index contributed by atoms with van der Waals surface area (Å²) in [5, 5.41) is 10.8. The molecule has 1 heterocycles. The highest BCUT2D eigenvalue weighted by molar-refractivity contribution is 6.14. The molecule has 0 bridgehead atoms. The highest BCUT2D eigenvalue weighted by Crippen LogP contribution is 2.41. The van der Waals surface area contributed by atoms with E-state index in [0.717, 1.165) is 11.1 Å². The number of aliphatic hydroxyl groups excluding tert-OH is 1. The number of ether oxygens (including phenoxy) is 2. The van der Waals surface area contributed by atoms with E-state index in [1.165, 1.54) is 25.2 Å². The van der Waals surface area contributed by atoms with Crippen LogP contribution < -0.4 is 9.47 Å². The number of benzene rings is 3. The van der Waals surface area contributed by atoms with Crippen molar-refractivity contribution in [1.29, 1.82) is 0 Å². The molecule has 0 aliphatic carbocycles. The number of ketones is 1. The Kier molecular flexibility index (Phi) is 6.78. The lowest BCUT2D eigenvalue weighted by Crippen LogP contribution is -2.30. The zero-order valence-corrected chi connectivity index (χ0v) is 19.0. The van der Waals surface area contributed by atoms with Gasteiger partial charge >= 0.3 is 0 Å². The lowest BCUT2D eigenvalue weighted by molar-refractivity contribution is -0.130. The molecule has 1 N–H and O–H groups in total. The summed E-state index contributed by atoms with van der Waals surface area (Å²) in [5.41, 5.74) is 2.37. The minimum atomic E-state index is -0.791. The maximum absolute atomic E-state index is 13.3. The van der Waals surface area contributed by atoms with Gasteiger partial charge in [-0.25, -0.2) is 0 Å². The average molecular weight is 456 g/mol. The molecule has 0 saturated carbocycles. The molecule has 34 heavy (non-hydrogen) atoms. The number of carbonyl (C=O) groups excluding carboxylic acids is 2. The third kappa shape index (κ3) is 4.57. The van der Waals surface area contributed by atoms with Crippen molar-refractivity contribution in [2.24, 2.45) is 0 Å². The van der Waals surface area contributed by atoms with Crippen LogP contribution in [0.5, 0.6) is 11.5 Å². The Morgan fingerprint density at radius 1 is 0.941 bits per heavy atom. The van der Waals surface area contributed by atoms with E-state index in [4.69, 9.17) is 9.47 Å². The largest absolute Gasteiger partial charge is 0.503 e. The molecule has 1 aliphatic heterocycles. The number of aliphatic hydroxyl groups is 1. The van der Waals surface area contributed by atoms with Gasteiger partial charge in [0, 0.05) is 6.54 Å². The number of carbonyl (C=O) groups is 2. The van der Waals surface area contributed by atoms with Crippen molar-refractivity contribution in [3.05, 3.63) is 113 Å². The summed E-state index contributed by atoms with van der Waals surface area (Å²) in [6.45, 7) is 0.224. The molecule has 6 nitrogen and oxygen atoms in total. The molecule has 0 fully saturated rings. The monoisotopic (exact) mass is 455 g/mol. The van der Waals surface area contributed by atoms with Crippen molar-refractivity contribution in [3.8, 4) is 11.5 Å². The van der Waals surface area contributed by atoms with Gasteiger partial charge in [-0.2, -0.15) is 0 Å². The van der Waals surface area contributed by atoms with Crippen molar-refractivity contribution in [3.63, 3.8) is 0 Å². The lowest BCUT2D eigenvalue weighted by atomic mass is 9.95. The van der Waals surface area contributed by atoms with Gasteiger partial charge in [-0.1, -0.05) is 72.8 Å². The number of methoxy groups -OCH3 is 2. The predicted octanol–water partition coefficient (Wildman–Crippen LogP) is 4.88. The summed E-state index contributed by atoms with van der Waals surface area (Å²) in [5.74, 6) is -0.594. The molecule has 0 saturated heterocycles. The third-order valence-electron chi connectivity index (χ3n) is 5.71. The summed E-state index contributed by atoms with van der Waals surface area (Å²) in [7, 11) is 3.05. The van der Waals surface area contributed by atoms with E-state index >= 15 is 0 Å². The van der Waals surface area contributed by atoms with Crippen LogP contribution >= 0.6 is 0 Å². The predicted molar refractivity (Wildman–Crippen MR) is 129 cm³/mol. The van der Waals surface area contributed by atoms with Crippen molar-refractivity contribution < 1.29 is 24.2 Å². The van der Waals surface area contributed by atoms with Gasteiger partial charge < -0.3 is 19.5 Å². The second-order valence-electron chi connectivity index (χ2n) is 7.81. The highest BCUT2D eigenvalue weighted by atomic mass is 16.5. The Hall–Kier alpha value is -4.32. The van der Waals surface area contributed by atoms with Crippen LogP contribution in [0.2, 0.25) is 0 Å². The first-order chi connectivity index (χ1) is 16.5. The number of nitrogens with zero attached hydrogens (tertiary/aromatic N) is 1. The molecule has 1 aliphatic rings. The number of hydrogen-bond donors (Lipinski definition) is 1. The number of hydrogen-bond acceptors (Lipinski definition) is 5. The normalized spacial score (nSPS) is 15.8. The van der Waals surface area contributed by atoms with Gasteiger partial charge in [0.1, 0.15) is 0 Å². The maximum atomic E-state index is 13.3. The molecular weight excluding hydrogens is 430 g/mol. The standard InChI is InChI=1S/C28H25NO5/c1-33-23-16-14-21(17-24(23)34-2)26-25(22(30)15-13-19-9-5-3-6-10-19)27(31)28(32)29(26)18-20-11-7-4-8-12-20/h3-17,26,31H,18H2,1-2H3/b15-13+. The summed E-state index contributed by atoms with van der Waals surface area (Å²) in [6, 6.07) is 23.2. The molecular formula is C28H25NO5. The third-order valence-corrected chi connectivity index (χ3v) is 5.71. The van der Waals surface area contributed by atoms with Crippen molar-refractivity contribution in [2.75, 3.05) is 14.2 Å². The molecule has 1 amide bonds. The first-order valence-electron chi connectivity index (χ1n) is 10.8. The van der Waals surface area contributed by atoms with Crippen LogP contribution in [0.25, 0.3) is 6.08 Å². The van der Waals surface area contributed by atoms with E-state index in [9.17, 15) is 14.7 Å². The summed E-state index contributed by atoms with van der Waals surface area (Å²) in [6.07, 6.45) is 3.05. The van der Waals surface area contributed by atoms with E-state index in [1.807, 2.05) is 60.7 Å². The number of allylic oxidation sites excluding steroid dienone is 1. The molecule has 0 spiro atoms. The fourth-order valence-corrected chi connectivity index (χ4v) is 4.04. The van der Waals surface area contributed by atoms with Gasteiger partial charge in [-0.3, -0.25) is 9.59 Å². The van der Waals surface area contributed by atoms with Gasteiger partial charge in [0.2, 0.25) is 0 Å². The molecule has 6 heteroatoms. The molecule has 0 aromatic heterocycles. The van der Waals surface area contributed by atoms with E-state index in [1.54, 1.807) is 24.3 Å². The molecule has 4 rings (SSSR count). The van der Waals surface area contributed by atoms with Gasteiger partial charge in [0.05, 0.1) is 25.8 Å². The van der Waals surface area contributed by atoms with Crippen LogP contribution in [-0.2, 0) is 16.1 Å². The van der Waals surface area contributed by atoms with Gasteiger partial charge in [0.15, 0.2) is 23.0 Å². The smallest absolute Gasteiger partial charge is 0.290 e. The maximum Gasteiger partial charge on any atom is 0.290 e. The van der Waals surface area contributed by atoms with Crippen molar-refractivity contribution in [2.45, 2.75) is 12.6 Å². The molecule has 3 aromatic rings. The fourth-order valence-electron chi connectivity index (χ4n) is 4.04. The molecule has 1 unspecified atom stereocenters. The van der Waals surface area contributed by atoms with E-state index in [-0.39, 0.29) is 12.1 Å². The van der Waals surface area contributed by atoms with Crippen LogP contribution in [-0.4, -0.2) is 35.9 Å². The lowest BCUT2D eigenvalue weighted by Gasteiger charge is -2.27. The number of amides is 1. The van der Waals surface area contributed by atoms with Crippen molar-refractivity contribution >= 4 is 17.8 Å². The first kappa shape index (κ1) is 22.9. The molecule has 172 valence electrons. The first-order valence-corrected chi connectivity index (χ1v) is 10.8. The zero-order valence-electron chi connectivity index (χ0n) is 19.0. The van der Waals surface area contributed by atoms with Gasteiger partial charge in [0.25, 0.3) is 5.91 Å². The fraction of sp³-hybridized carbons (Fsp3) is 0.143. The van der Waals surface area contributed by atoms with Gasteiger partial charge in [-0.05, 0) is 34.9 Å². The molecule has 1 atom stereocenters. The van der Waals surface area contributed by atoms with E-state index in [2.05, 4.69) is 0 Å². The van der Waals surface area contributed by atoms with E-state index < -0.39 is 23.5 Å². The zero-order chi connectivity index (χ0) is 24.1. The molecule has 0 radical (unpaired) electrons. The Balaban J connectivity index is 1.77. The van der Waals surface area contributed by atoms with Crippen LogP contribution in [0.1, 0.15) is 22.7 Å². The Bertz CT molecular complexity index is 1250. The second kappa shape index (κ2) is 10.1. The summed E-state index contributed by atoms with van der Waals surface area (Å²) >= 11 is 0. The summed E-state index contributed by atoms with van der Waals surface area (Å²) in [4.78, 5) is 27.9. The van der Waals surface area contributed by atoms with Gasteiger partial charge in [-0.15, -0.1) is 0 Å². The average Bonchev–Trinajstić information content (AvgIpc) is 3.13. The van der Waals surface area contributed by atoms with E-state index in [0.29, 0.717) is 17.1 Å². The van der Waals surface area contributed by atoms with Crippen LogP contribution in [0.15, 0.2) is 96.3 Å². The SMILES string of the molecule is COc1ccc(C2C(C(=O)/C=C/c3ccccc3)=C(O)C(=O)N2Cc2ccccc2)cc1OC. The summed E-state index contributed by atoms with van der Waals surface area (Å²) < 4.78 is 10.8. The minimum absolute atomic E-state index is 0.0281. The minimum Gasteiger partial charge on any atom is -0.503 e. The second-order valence-corrected chi connectivity index (χ2v) is 7.81. The van der Waals surface area contributed by atoms with Crippen LogP contribution in [0.3, 0.4) is 0 Å². The quantitative estimate of drug-likeness (QED) is 0.490. The molecule has 3 aromatic carbocycles. The van der Waals surface area contributed by atoms with Crippen LogP contribution in [0.4, 0.5) is 0 Å². The Labute approximate surface area is 198 Å². The number of rotatable bonds is 8.